The van der Waals surface area contributed by atoms with Gasteiger partial charge in [0.05, 0.1) is 6.61 Å². The van der Waals surface area contributed by atoms with E-state index in [1.54, 1.807) is 6.92 Å². The van der Waals surface area contributed by atoms with E-state index >= 15 is 0 Å². The summed E-state index contributed by atoms with van der Waals surface area (Å²) in [6.07, 6.45) is -3.71. The Morgan fingerprint density at radius 1 is 1.33 bits per heavy atom. The predicted molar refractivity (Wildman–Crippen MR) is 69.2 cm³/mol. The summed E-state index contributed by atoms with van der Waals surface area (Å²) >= 11 is 0. The number of amides is 2. The van der Waals surface area contributed by atoms with Crippen molar-refractivity contribution in [2.45, 2.75) is 52.1 Å². The van der Waals surface area contributed by atoms with Crippen LogP contribution in [0.25, 0.3) is 0 Å². The second-order valence-corrected chi connectivity index (χ2v) is 5.12. The van der Waals surface area contributed by atoms with E-state index in [9.17, 15) is 22.8 Å². The number of piperazine rings is 1. The Kier molecular flexibility index (Phi) is 6.00. The van der Waals surface area contributed by atoms with Gasteiger partial charge in [-0.3, -0.25) is 14.3 Å². The fourth-order valence-corrected chi connectivity index (χ4v) is 2.34. The summed E-state index contributed by atoms with van der Waals surface area (Å²) in [6, 6.07) is -1.43. The molecule has 0 radical (unpaired) electrons. The smallest absolute Gasteiger partial charge is 0.342 e. The second kappa shape index (κ2) is 7.11. The molecule has 5 nitrogen and oxygen atoms in total. The van der Waals surface area contributed by atoms with E-state index in [0.29, 0.717) is 12.8 Å². The van der Waals surface area contributed by atoms with Gasteiger partial charge in [-0.15, -0.1) is 13.2 Å². The number of ether oxygens (including phenoxy) is 1. The zero-order valence-electron chi connectivity index (χ0n) is 12.4. The van der Waals surface area contributed by atoms with Crippen LogP contribution in [-0.4, -0.2) is 48.3 Å². The molecule has 3 unspecified atom stereocenters. The Labute approximate surface area is 121 Å². The van der Waals surface area contributed by atoms with Gasteiger partial charge in [-0.05, 0) is 12.3 Å². The first-order valence-electron chi connectivity index (χ1n) is 7.02. The van der Waals surface area contributed by atoms with Crippen molar-refractivity contribution in [2.75, 3.05) is 13.2 Å². The van der Waals surface area contributed by atoms with Gasteiger partial charge in [-0.2, -0.15) is 0 Å². The molecule has 0 aliphatic carbocycles. The van der Waals surface area contributed by atoms with Crippen molar-refractivity contribution < 1.29 is 27.5 Å². The van der Waals surface area contributed by atoms with Crippen LogP contribution < -0.4 is 5.32 Å². The first-order chi connectivity index (χ1) is 9.71. The predicted octanol–water partition coefficient (Wildman–Crippen LogP) is 1.67. The Morgan fingerprint density at radius 2 is 1.95 bits per heavy atom. The Balaban J connectivity index is 2.79. The lowest BCUT2D eigenvalue weighted by Crippen LogP contribution is -2.65. The second-order valence-electron chi connectivity index (χ2n) is 5.12. The molecule has 2 amide bonds. The largest absolute Gasteiger partial charge is 0.522 e. The average Bonchev–Trinajstić information content (AvgIpc) is 2.40. The van der Waals surface area contributed by atoms with E-state index in [1.807, 2.05) is 13.8 Å². The van der Waals surface area contributed by atoms with Crippen molar-refractivity contribution in [3.05, 3.63) is 0 Å². The Morgan fingerprint density at radius 3 is 2.43 bits per heavy atom. The zero-order valence-corrected chi connectivity index (χ0v) is 12.4. The number of nitrogens with zero attached hydrogens (tertiary/aromatic N) is 1. The number of carbonyl (C=O) groups excluding carboxylic acids is 2. The van der Waals surface area contributed by atoms with Crippen LogP contribution in [0.5, 0.6) is 0 Å². The summed E-state index contributed by atoms with van der Waals surface area (Å²) < 4.78 is 39.8. The van der Waals surface area contributed by atoms with Gasteiger partial charge in [-0.1, -0.05) is 27.2 Å². The maximum atomic E-state index is 12.4. The zero-order chi connectivity index (χ0) is 16.2. The number of alkyl halides is 3. The summed E-state index contributed by atoms with van der Waals surface area (Å²) in [4.78, 5) is 25.6. The van der Waals surface area contributed by atoms with E-state index in [2.05, 4.69) is 10.1 Å². The summed E-state index contributed by atoms with van der Waals surface area (Å²) in [6.45, 7) is 4.48. The SMILES string of the molecule is CCC(C)C1NC(=O)C(CC)N(CCOC(F)(F)F)C1=O. The molecule has 0 bridgehead atoms. The quantitative estimate of drug-likeness (QED) is 0.812. The van der Waals surface area contributed by atoms with Gasteiger partial charge in [0.1, 0.15) is 12.1 Å². The van der Waals surface area contributed by atoms with Crippen LogP contribution in [0.1, 0.15) is 33.6 Å². The van der Waals surface area contributed by atoms with Crippen molar-refractivity contribution in [3.63, 3.8) is 0 Å². The molecular weight excluding hydrogens is 289 g/mol. The highest BCUT2D eigenvalue weighted by Crippen LogP contribution is 2.20. The molecule has 0 aromatic carbocycles. The monoisotopic (exact) mass is 310 g/mol. The number of hydrogen-bond acceptors (Lipinski definition) is 3. The van der Waals surface area contributed by atoms with Crippen LogP contribution in [0.4, 0.5) is 13.2 Å². The fraction of sp³-hybridized carbons (Fsp3) is 0.846. The topological polar surface area (TPSA) is 58.6 Å². The van der Waals surface area contributed by atoms with Gasteiger partial charge < -0.3 is 10.2 Å². The summed E-state index contributed by atoms with van der Waals surface area (Å²) in [5, 5.41) is 2.66. The van der Waals surface area contributed by atoms with Gasteiger partial charge >= 0.3 is 6.36 Å². The minimum absolute atomic E-state index is 0.0784. The minimum Gasteiger partial charge on any atom is -0.342 e. The molecule has 8 heteroatoms. The lowest BCUT2D eigenvalue weighted by atomic mass is 9.93. The molecular formula is C13H21F3N2O3. The Hall–Kier alpha value is -1.31. The standard InChI is InChI=1S/C13H21F3N2O3/c1-4-8(3)10-12(20)18(6-7-21-13(14,15)16)9(5-2)11(19)17-10/h8-10H,4-7H2,1-3H3,(H,17,19). The van der Waals surface area contributed by atoms with Crippen LogP contribution in [0, 0.1) is 5.92 Å². The van der Waals surface area contributed by atoms with Crippen molar-refractivity contribution >= 4 is 11.8 Å². The highest BCUT2D eigenvalue weighted by Gasteiger charge is 2.41. The average molecular weight is 310 g/mol. The van der Waals surface area contributed by atoms with E-state index in [1.165, 1.54) is 4.90 Å². The van der Waals surface area contributed by atoms with Crippen molar-refractivity contribution in [1.82, 2.24) is 10.2 Å². The third kappa shape index (κ3) is 4.59. The summed E-state index contributed by atoms with van der Waals surface area (Å²) in [5.74, 6) is -0.749. The normalized spacial score (nSPS) is 25.0. The molecule has 1 aliphatic heterocycles. The number of carbonyl (C=O) groups is 2. The maximum absolute atomic E-state index is 12.4. The van der Waals surface area contributed by atoms with Gasteiger partial charge in [0.2, 0.25) is 11.8 Å². The van der Waals surface area contributed by atoms with Crippen molar-refractivity contribution in [2.24, 2.45) is 5.92 Å². The fourth-order valence-electron chi connectivity index (χ4n) is 2.34. The number of nitrogens with one attached hydrogen (secondary N) is 1. The third-order valence-corrected chi connectivity index (χ3v) is 3.72. The molecule has 0 aromatic rings. The van der Waals surface area contributed by atoms with Crippen LogP contribution in [0.2, 0.25) is 0 Å². The van der Waals surface area contributed by atoms with Gasteiger partial charge in [0, 0.05) is 6.54 Å². The molecule has 21 heavy (non-hydrogen) atoms. The first-order valence-corrected chi connectivity index (χ1v) is 7.02. The lowest BCUT2D eigenvalue weighted by molar-refractivity contribution is -0.325. The highest BCUT2D eigenvalue weighted by molar-refractivity contribution is 5.97. The first kappa shape index (κ1) is 17.7. The van der Waals surface area contributed by atoms with Gasteiger partial charge in [0.15, 0.2) is 0 Å². The van der Waals surface area contributed by atoms with Crippen molar-refractivity contribution in [3.8, 4) is 0 Å². The van der Waals surface area contributed by atoms with Gasteiger partial charge in [-0.25, -0.2) is 0 Å². The number of halogens is 3. The molecule has 1 saturated heterocycles. The van der Waals surface area contributed by atoms with Crippen molar-refractivity contribution in [1.29, 1.82) is 0 Å². The minimum atomic E-state index is -4.74. The van der Waals surface area contributed by atoms with E-state index in [0.717, 1.165) is 0 Å². The summed E-state index contributed by atoms with van der Waals surface area (Å²) in [7, 11) is 0. The summed E-state index contributed by atoms with van der Waals surface area (Å²) in [5.41, 5.74) is 0. The van der Waals surface area contributed by atoms with Gasteiger partial charge in [0.25, 0.3) is 0 Å². The van der Waals surface area contributed by atoms with E-state index in [4.69, 9.17) is 0 Å². The van der Waals surface area contributed by atoms with Crippen LogP contribution in [0.15, 0.2) is 0 Å². The molecule has 1 heterocycles. The number of hydrogen-bond donors (Lipinski definition) is 1. The van der Waals surface area contributed by atoms with Crippen LogP contribution >= 0.6 is 0 Å². The molecule has 1 rings (SSSR count). The molecule has 122 valence electrons. The Bertz CT molecular complexity index is 387. The molecule has 0 aromatic heterocycles. The van der Waals surface area contributed by atoms with Crippen LogP contribution in [0.3, 0.4) is 0 Å². The molecule has 1 fully saturated rings. The molecule has 3 atom stereocenters. The highest BCUT2D eigenvalue weighted by atomic mass is 19.4. The van der Waals surface area contributed by atoms with E-state index in [-0.39, 0.29) is 24.3 Å². The molecule has 1 N–H and O–H groups in total. The molecule has 0 spiro atoms. The lowest BCUT2D eigenvalue weighted by Gasteiger charge is -2.40. The van der Waals surface area contributed by atoms with E-state index < -0.39 is 25.1 Å². The van der Waals surface area contributed by atoms with Crippen LogP contribution in [-0.2, 0) is 14.3 Å². The number of rotatable bonds is 6. The maximum Gasteiger partial charge on any atom is 0.522 e. The molecule has 0 saturated carbocycles. The third-order valence-electron chi connectivity index (χ3n) is 3.72. The molecule has 1 aliphatic rings.